The maximum absolute atomic E-state index is 12.4. The minimum Gasteiger partial charge on any atom is -0.497 e. The Kier molecular flexibility index (Phi) is 7.29. The molecule has 1 saturated heterocycles. The molecular weight excluding hydrogens is 408 g/mol. The standard InChI is InChI=1S/C21H24N2O6S/c1-27-15-5-6-17(28-2)16(12-15)22-19(24)13-29-21(26)14-7-9-23(10-8-14)20(25)18-4-3-11-30-18/h3-6,11-12,14H,7-10,13H2,1-2H3,(H,22,24). The number of methoxy groups -OCH3 is 2. The third kappa shape index (κ3) is 5.29. The topological polar surface area (TPSA) is 94.2 Å². The molecule has 3 rings (SSSR count). The lowest BCUT2D eigenvalue weighted by Crippen LogP contribution is -2.40. The van der Waals surface area contributed by atoms with Crippen molar-refractivity contribution in [3.63, 3.8) is 0 Å². The van der Waals surface area contributed by atoms with Crippen molar-refractivity contribution >= 4 is 34.8 Å². The predicted molar refractivity (Wildman–Crippen MR) is 112 cm³/mol. The number of esters is 1. The van der Waals surface area contributed by atoms with Gasteiger partial charge in [0.25, 0.3) is 11.8 Å². The number of rotatable bonds is 7. The number of thiophene rings is 1. The highest BCUT2D eigenvalue weighted by Gasteiger charge is 2.29. The maximum atomic E-state index is 12.4. The summed E-state index contributed by atoms with van der Waals surface area (Å²) in [6.07, 6.45) is 1.03. The number of piperidine rings is 1. The van der Waals surface area contributed by atoms with E-state index in [0.717, 1.165) is 0 Å². The molecule has 0 spiro atoms. The number of anilines is 1. The van der Waals surface area contributed by atoms with Crippen molar-refractivity contribution in [3.05, 3.63) is 40.6 Å². The average Bonchev–Trinajstić information content (AvgIpc) is 3.32. The molecule has 1 N–H and O–H groups in total. The van der Waals surface area contributed by atoms with Crippen molar-refractivity contribution in [2.24, 2.45) is 5.92 Å². The van der Waals surface area contributed by atoms with Crippen LogP contribution in [0.3, 0.4) is 0 Å². The Morgan fingerprint density at radius 3 is 2.53 bits per heavy atom. The van der Waals surface area contributed by atoms with Gasteiger partial charge in [0.05, 0.1) is 30.7 Å². The van der Waals surface area contributed by atoms with E-state index in [2.05, 4.69) is 5.32 Å². The van der Waals surface area contributed by atoms with Crippen LogP contribution >= 0.6 is 11.3 Å². The molecule has 30 heavy (non-hydrogen) atoms. The van der Waals surface area contributed by atoms with Crippen molar-refractivity contribution in [2.75, 3.05) is 39.2 Å². The number of ether oxygens (including phenoxy) is 3. The quantitative estimate of drug-likeness (QED) is 0.676. The molecule has 2 aromatic rings. The molecule has 0 saturated carbocycles. The van der Waals surface area contributed by atoms with Crippen molar-refractivity contribution in [3.8, 4) is 11.5 Å². The zero-order valence-corrected chi connectivity index (χ0v) is 17.7. The second-order valence-electron chi connectivity index (χ2n) is 6.77. The minimum absolute atomic E-state index is 0.0107. The molecule has 1 aliphatic rings. The highest BCUT2D eigenvalue weighted by Crippen LogP contribution is 2.29. The first-order valence-electron chi connectivity index (χ1n) is 9.53. The average molecular weight is 432 g/mol. The second-order valence-corrected chi connectivity index (χ2v) is 7.71. The number of hydrogen-bond acceptors (Lipinski definition) is 7. The number of nitrogens with one attached hydrogen (secondary N) is 1. The van der Waals surface area contributed by atoms with Crippen LogP contribution < -0.4 is 14.8 Å². The molecule has 2 amide bonds. The second kappa shape index (κ2) is 10.1. The summed E-state index contributed by atoms with van der Waals surface area (Å²) in [5.41, 5.74) is 0.429. The summed E-state index contributed by atoms with van der Waals surface area (Å²) in [6.45, 7) is 0.584. The summed E-state index contributed by atoms with van der Waals surface area (Å²) in [5, 5.41) is 4.52. The van der Waals surface area contributed by atoms with Gasteiger partial charge in [0.1, 0.15) is 11.5 Å². The van der Waals surface area contributed by atoms with Gasteiger partial charge in [0.15, 0.2) is 6.61 Å². The molecule has 0 unspecified atom stereocenters. The Balaban J connectivity index is 1.46. The van der Waals surface area contributed by atoms with E-state index in [0.29, 0.717) is 48.0 Å². The summed E-state index contributed by atoms with van der Waals surface area (Å²) in [5.74, 6) is -0.198. The Bertz CT molecular complexity index is 891. The van der Waals surface area contributed by atoms with Gasteiger partial charge in [-0.3, -0.25) is 14.4 Å². The van der Waals surface area contributed by atoms with E-state index in [9.17, 15) is 14.4 Å². The normalized spacial score (nSPS) is 14.1. The van der Waals surface area contributed by atoms with Crippen LogP contribution in [0.1, 0.15) is 22.5 Å². The Hall–Kier alpha value is -3.07. The van der Waals surface area contributed by atoms with Crippen molar-refractivity contribution in [2.45, 2.75) is 12.8 Å². The van der Waals surface area contributed by atoms with Crippen LogP contribution in [0.4, 0.5) is 5.69 Å². The fourth-order valence-corrected chi connectivity index (χ4v) is 3.92. The number of benzene rings is 1. The molecular formula is C21H24N2O6S. The Labute approximate surface area is 178 Å². The zero-order valence-electron chi connectivity index (χ0n) is 16.9. The van der Waals surface area contributed by atoms with Crippen LogP contribution in [0.2, 0.25) is 0 Å². The number of likely N-dealkylation sites (tertiary alicyclic amines) is 1. The summed E-state index contributed by atoms with van der Waals surface area (Å²) >= 11 is 1.40. The van der Waals surface area contributed by atoms with Gasteiger partial charge in [-0.25, -0.2) is 0 Å². The van der Waals surface area contributed by atoms with Gasteiger partial charge < -0.3 is 24.4 Å². The fourth-order valence-electron chi connectivity index (χ4n) is 3.23. The van der Waals surface area contributed by atoms with Crippen LogP contribution in [0.15, 0.2) is 35.7 Å². The van der Waals surface area contributed by atoms with Crippen molar-refractivity contribution in [1.29, 1.82) is 0 Å². The van der Waals surface area contributed by atoms with Gasteiger partial charge in [-0.05, 0) is 36.4 Å². The van der Waals surface area contributed by atoms with E-state index in [1.807, 2.05) is 11.4 Å². The van der Waals surface area contributed by atoms with Crippen molar-refractivity contribution < 1.29 is 28.6 Å². The molecule has 0 radical (unpaired) electrons. The molecule has 160 valence electrons. The van der Waals surface area contributed by atoms with Crippen LogP contribution in [0.25, 0.3) is 0 Å². The number of nitrogens with zero attached hydrogens (tertiary/aromatic N) is 1. The van der Waals surface area contributed by atoms with Gasteiger partial charge in [-0.15, -0.1) is 11.3 Å². The van der Waals surface area contributed by atoms with E-state index in [1.54, 1.807) is 29.2 Å². The first-order valence-corrected chi connectivity index (χ1v) is 10.4. The first-order chi connectivity index (χ1) is 14.5. The lowest BCUT2D eigenvalue weighted by atomic mass is 9.97. The summed E-state index contributed by atoms with van der Waals surface area (Å²) < 4.78 is 15.5. The third-order valence-corrected chi connectivity index (χ3v) is 5.73. The molecule has 2 heterocycles. The van der Waals surface area contributed by atoms with Crippen LogP contribution in [-0.2, 0) is 14.3 Å². The number of carbonyl (C=O) groups excluding carboxylic acids is 3. The number of carbonyl (C=O) groups is 3. The van der Waals surface area contributed by atoms with Gasteiger partial charge >= 0.3 is 5.97 Å². The summed E-state index contributed by atoms with van der Waals surface area (Å²) in [7, 11) is 3.02. The third-order valence-electron chi connectivity index (χ3n) is 4.87. The maximum Gasteiger partial charge on any atom is 0.309 e. The zero-order chi connectivity index (χ0) is 21.5. The SMILES string of the molecule is COc1ccc(OC)c(NC(=O)COC(=O)C2CCN(C(=O)c3cccs3)CC2)c1. The van der Waals surface area contributed by atoms with Crippen LogP contribution in [-0.4, -0.2) is 56.6 Å². The Morgan fingerprint density at radius 2 is 1.90 bits per heavy atom. The number of amides is 2. The molecule has 1 aromatic heterocycles. The number of hydrogen-bond donors (Lipinski definition) is 1. The van der Waals surface area contributed by atoms with Crippen molar-refractivity contribution in [1.82, 2.24) is 4.90 Å². The van der Waals surface area contributed by atoms with Crippen LogP contribution in [0, 0.1) is 5.92 Å². The fraction of sp³-hybridized carbons (Fsp3) is 0.381. The van der Waals surface area contributed by atoms with E-state index < -0.39 is 18.5 Å². The van der Waals surface area contributed by atoms with Gasteiger partial charge in [-0.2, -0.15) is 0 Å². The molecule has 9 heteroatoms. The highest BCUT2D eigenvalue weighted by atomic mass is 32.1. The first kappa shape index (κ1) is 21.6. The van der Waals surface area contributed by atoms with E-state index in [4.69, 9.17) is 14.2 Å². The van der Waals surface area contributed by atoms with E-state index in [1.165, 1.54) is 25.6 Å². The molecule has 8 nitrogen and oxygen atoms in total. The lowest BCUT2D eigenvalue weighted by Gasteiger charge is -2.30. The Morgan fingerprint density at radius 1 is 1.13 bits per heavy atom. The highest BCUT2D eigenvalue weighted by molar-refractivity contribution is 7.12. The summed E-state index contributed by atoms with van der Waals surface area (Å²) in [6, 6.07) is 8.64. The molecule has 1 aromatic carbocycles. The summed E-state index contributed by atoms with van der Waals surface area (Å²) in [4.78, 5) is 39.4. The van der Waals surface area contributed by atoms with E-state index in [-0.39, 0.29) is 11.8 Å². The molecule has 0 bridgehead atoms. The molecule has 1 aliphatic heterocycles. The van der Waals surface area contributed by atoms with E-state index >= 15 is 0 Å². The molecule has 0 atom stereocenters. The minimum atomic E-state index is -0.472. The predicted octanol–water partition coefficient (Wildman–Crippen LogP) is 2.80. The largest absolute Gasteiger partial charge is 0.497 e. The monoisotopic (exact) mass is 432 g/mol. The smallest absolute Gasteiger partial charge is 0.309 e. The van der Waals surface area contributed by atoms with Crippen LogP contribution in [0.5, 0.6) is 11.5 Å². The molecule has 0 aliphatic carbocycles. The van der Waals surface area contributed by atoms with Gasteiger partial charge in [0.2, 0.25) is 0 Å². The molecule has 1 fully saturated rings. The van der Waals surface area contributed by atoms with Gasteiger partial charge in [0, 0.05) is 19.2 Å². The lowest BCUT2D eigenvalue weighted by molar-refractivity contribution is -0.152. The van der Waals surface area contributed by atoms with Gasteiger partial charge in [-0.1, -0.05) is 6.07 Å².